The number of esters is 1. The molecule has 0 atom stereocenters. The number of nitrogens with zero attached hydrogens (tertiary/aromatic N) is 1. The quantitative estimate of drug-likeness (QED) is 0.765. The molecule has 1 aromatic heterocycles. The Kier molecular flexibility index (Phi) is 5.48. The van der Waals surface area contributed by atoms with Crippen LogP contribution in [-0.4, -0.2) is 30.4 Å². The second-order valence-electron chi connectivity index (χ2n) is 6.21. The lowest BCUT2D eigenvalue weighted by Gasteiger charge is -2.17. The minimum absolute atomic E-state index is 0.266. The van der Waals surface area contributed by atoms with Crippen molar-refractivity contribution in [2.75, 3.05) is 13.7 Å². The topological polar surface area (TPSA) is 46.6 Å². The zero-order valence-electron chi connectivity index (χ0n) is 14.1. The van der Waals surface area contributed by atoms with Crippen molar-refractivity contribution in [3.8, 4) is 0 Å². The van der Waals surface area contributed by atoms with Gasteiger partial charge in [-0.2, -0.15) is 0 Å². The largest absolute Gasteiger partial charge is 0.452 e. The number of amides is 1. The number of carbonyl (C=O) groups is 2. The van der Waals surface area contributed by atoms with E-state index in [9.17, 15) is 14.0 Å². The average molecular weight is 361 g/mol. The number of benzene rings is 1. The summed E-state index contributed by atoms with van der Waals surface area (Å²) in [7, 11) is 1.60. The van der Waals surface area contributed by atoms with Crippen molar-refractivity contribution in [1.82, 2.24) is 4.90 Å². The Bertz CT molecular complexity index is 787. The van der Waals surface area contributed by atoms with Gasteiger partial charge in [-0.25, -0.2) is 9.18 Å². The van der Waals surface area contributed by atoms with Crippen molar-refractivity contribution >= 4 is 23.2 Å². The van der Waals surface area contributed by atoms with Crippen LogP contribution in [0.4, 0.5) is 4.39 Å². The molecule has 25 heavy (non-hydrogen) atoms. The molecule has 6 heteroatoms. The van der Waals surface area contributed by atoms with Gasteiger partial charge in [-0.15, -0.1) is 11.3 Å². The van der Waals surface area contributed by atoms with Crippen molar-refractivity contribution in [1.29, 1.82) is 0 Å². The Morgan fingerprint density at radius 3 is 2.88 bits per heavy atom. The van der Waals surface area contributed by atoms with Gasteiger partial charge in [-0.1, -0.05) is 12.1 Å². The highest BCUT2D eigenvalue weighted by molar-refractivity contribution is 7.10. The van der Waals surface area contributed by atoms with E-state index in [1.165, 1.54) is 21.9 Å². The molecule has 0 spiro atoms. The first-order valence-electron chi connectivity index (χ1n) is 8.29. The van der Waals surface area contributed by atoms with Crippen LogP contribution < -0.4 is 0 Å². The van der Waals surface area contributed by atoms with Gasteiger partial charge >= 0.3 is 5.97 Å². The maximum absolute atomic E-state index is 13.2. The van der Waals surface area contributed by atoms with E-state index in [0.29, 0.717) is 11.1 Å². The van der Waals surface area contributed by atoms with Gasteiger partial charge < -0.3 is 9.64 Å². The van der Waals surface area contributed by atoms with Crippen molar-refractivity contribution in [2.24, 2.45) is 0 Å². The summed E-state index contributed by atoms with van der Waals surface area (Å²) in [6, 6.07) is 6.08. The molecule has 0 aliphatic heterocycles. The number of likely N-dealkylation sites (N-methyl/N-ethyl adjacent to an activating group) is 1. The summed E-state index contributed by atoms with van der Waals surface area (Å²) in [4.78, 5) is 27.1. The Labute approximate surface area is 150 Å². The zero-order chi connectivity index (χ0) is 17.8. The molecule has 1 amide bonds. The van der Waals surface area contributed by atoms with Gasteiger partial charge in [0.2, 0.25) is 0 Å². The molecular formula is C19H20FNO3S. The molecule has 0 N–H and O–H groups in total. The van der Waals surface area contributed by atoms with Crippen LogP contribution in [0.5, 0.6) is 0 Å². The third-order valence-corrected chi connectivity index (χ3v) is 5.43. The van der Waals surface area contributed by atoms with E-state index in [-0.39, 0.29) is 24.9 Å². The van der Waals surface area contributed by atoms with Gasteiger partial charge in [0.15, 0.2) is 6.61 Å². The standard InChI is InChI=1S/C19H20FNO3S/c1-21(10-13-5-4-6-14(20)9-13)18(22)11-24-19(23)16-12-25-17-8-3-2-7-15(16)17/h4-6,9,12H,2-3,7-8,10-11H2,1H3. The molecule has 0 saturated heterocycles. The van der Waals surface area contributed by atoms with E-state index in [2.05, 4.69) is 0 Å². The molecular weight excluding hydrogens is 341 g/mol. The number of thiophene rings is 1. The Hall–Kier alpha value is -2.21. The number of ether oxygens (including phenoxy) is 1. The van der Waals surface area contributed by atoms with Gasteiger partial charge in [-0.3, -0.25) is 4.79 Å². The summed E-state index contributed by atoms with van der Waals surface area (Å²) >= 11 is 1.59. The molecule has 1 aliphatic rings. The number of halogens is 1. The minimum Gasteiger partial charge on any atom is -0.452 e. The third-order valence-electron chi connectivity index (χ3n) is 4.34. The van der Waals surface area contributed by atoms with E-state index >= 15 is 0 Å². The highest BCUT2D eigenvalue weighted by atomic mass is 32.1. The molecule has 0 unspecified atom stereocenters. The lowest BCUT2D eigenvalue weighted by atomic mass is 9.96. The molecule has 0 fully saturated rings. The summed E-state index contributed by atoms with van der Waals surface area (Å²) in [6.45, 7) is -0.0444. The predicted molar refractivity (Wildman–Crippen MR) is 94.1 cm³/mol. The van der Waals surface area contributed by atoms with Crippen molar-refractivity contribution in [2.45, 2.75) is 32.2 Å². The fraction of sp³-hybridized carbons (Fsp3) is 0.368. The highest BCUT2D eigenvalue weighted by Gasteiger charge is 2.22. The van der Waals surface area contributed by atoms with E-state index < -0.39 is 5.97 Å². The smallest absolute Gasteiger partial charge is 0.339 e. The first-order chi connectivity index (χ1) is 12.0. The Morgan fingerprint density at radius 1 is 1.28 bits per heavy atom. The van der Waals surface area contributed by atoms with Gasteiger partial charge in [0, 0.05) is 23.8 Å². The SMILES string of the molecule is CN(Cc1cccc(F)c1)C(=O)COC(=O)c1csc2c1CCCC2. The number of carbonyl (C=O) groups excluding carboxylic acids is 2. The van der Waals surface area contributed by atoms with Crippen LogP contribution in [-0.2, 0) is 28.9 Å². The van der Waals surface area contributed by atoms with E-state index in [1.54, 1.807) is 30.5 Å². The molecule has 0 bridgehead atoms. The van der Waals surface area contributed by atoms with Crippen LogP contribution in [0.25, 0.3) is 0 Å². The predicted octanol–water partition coefficient (Wildman–Crippen LogP) is 3.58. The van der Waals surface area contributed by atoms with Crippen molar-refractivity contribution in [3.63, 3.8) is 0 Å². The van der Waals surface area contributed by atoms with Crippen LogP contribution in [0.1, 0.15) is 39.2 Å². The highest BCUT2D eigenvalue weighted by Crippen LogP contribution is 2.30. The second-order valence-corrected chi connectivity index (χ2v) is 7.18. The minimum atomic E-state index is -0.438. The molecule has 0 radical (unpaired) electrons. The molecule has 4 nitrogen and oxygen atoms in total. The number of hydrogen-bond donors (Lipinski definition) is 0. The monoisotopic (exact) mass is 361 g/mol. The summed E-state index contributed by atoms with van der Waals surface area (Å²) < 4.78 is 18.4. The molecule has 0 saturated carbocycles. The molecule has 2 aromatic rings. The van der Waals surface area contributed by atoms with Crippen LogP contribution in [0.2, 0.25) is 0 Å². The lowest BCUT2D eigenvalue weighted by Crippen LogP contribution is -2.31. The molecule has 1 heterocycles. The van der Waals surface area contributed by atoms with Gasteiger partial charge in [0.1, 0.15) is 5.82 Å². The van der Waals surface area contributed by atoms with Gasteiger partial charge in [0.25, 0.3) is 5.91 Å². The maximum atomic E-state index is 13.2. The lowest BCUT2D eigenvalue weighted by molar-refractivity contribution is -0.133. The zero-order valence-corrected chi connectivity index (χ0v) is 14.9. The summed E-state index contributed by atoms with van der Waals surface area (Å²) in [5.74, 6) is -1.10. The number of hydrogen-bond acceptors (Lipinski definition) is 4. The summed E-state index contributed by atoms with van der Waals surface area (Å²) in [5, 5.41) is 1.83. The number of aryl methyl sites for hydroxylation is 1. The van der Waals surface area contributed by atoms with Crippen molar-refractivity contribution < 1.29 is 18.7 Å². The normalized spacial score (nSPS) is 13.2. The van der Waals surface area contributed by atoms with Crippen molar-refractivity contribution in [3.05, 3.63) is 57.0 Å². The summed E-state index contributed by atoms with van der Waals surface area (Å²) in [6.07, 6.45) is 4.16. The number of fused-ring (bicyclic) bond motifs is 1. The van der Waals surface area contributed by atoms with E-state index in [0.717, 1.165) is 31.2 Å². The van der Waals surface area contributed by atoms with E-state index in [1.807, 2.05) is 5.38 Å². The molecule has 132 valence electrons. The fourth-order valence-electron chi connectivity index (χ4n) is 2.98. The third kappa shape index (κ3) is 4.25. The van der Waals surface area contributed by atoms with E-state index in [4.69, 9.17) is 4.74 Å². The first-order valence-corrected chi connectivity index (χ1v) is 9.17. The van der Waals surface area contributed by atoms with Gasteiger partial charge in [-0.05, 0) is 48.9 Å². The molecule has 1 aromatic carbocycles. The second kappa shape index (κ2) is 7.78. The number of rotatable bonds is 5. The Balaban J connectivity index is 1.54. The van der Waals surface area contributed by atoms with Crippen LogP contribution >= 0.6 is 11.3 Å². The fourth-order valence-corrected chi connectivity index (χ4v) is 4.09. The Morgan fingerprint density at radius 2 is 2.08 bits per heavy atom. The molecule has 3 rings (SSSR count). The molecule has 1 aliphatic carbocycles. The first kappa shape index (κ1) is 17.6. The van der Waals surface area contributed by atoms with Crippen LogP contribution in [0.15, 0.2) is 29.6 Å². The van der Waals surface area contributed by atoms with Crippen LogP contribution in [0.3, 0.4) is 0 Å². The average Bonchev–Trinajstić information content (AvgIpc) is 3.03. The maximum Gasteiger partial charge on any atom is 0.339 e. The van der Waals surface area contributed by atoms with Gasteiger partial charge in [0.05, 0.1) is 5.56 Å². The summed E-state index contributed by atoms with van der Waals surface area (Å²) in [5.41, 5.74) is 2.37. The van der Waals surface area contributed by atoms with Crippen LogP contribution in [0, 0.1) is 5.82 Å².